The third-order valence-corrected chi connectivity index (χ3v) is 2.58. The predicted molar refractivity (Wildman–Crippen MR) is 59.0 cm³/mol. The van der Waals surface area contributed by atoms with Crippen molar-refractivity contribution in [1.82, 2.24) is 0 Å². The molecule has 0 bridgehead atoms. The third kappa shape index (κ3) is 2.21. The molecule has 0 aliphatic carbocycles. The molecule has 15 heavy (non-hydrogen) atoms. The van der Waals surface area contributed by atoms with Crippen molar-refractivity contribution >= 4 is 11.4 Å². The molecule has 0 spiro atoms. The second kappa shape index (κ2) is 4.49. The van der Waals surface area contributed by atoms with Gasteiger partial charge in [-0.05, 0) is 18.2 Å². The Bertz CT molecular complexity index is 337. The first-order chi connectivity index (χ1) is 7.31. The fourth-order valence-electron chi connectivity index (χ4n) is 1.79. The number of hydrogen-bond donors (Lipinski definition) is 1. The average molecular weight is 210 g/mol. The van der Waals surface area contributed by atoms with Gasteiger partial charge in [0.25, 0.3) is 0 Å². The van der Waals surface area contributed by atoms with Crippen LogP contribution in [0.4, 0.5) is 15.8 Å². The highest BCUT2D eigenvalue weighted by Crippen LogP contribution is 2.26. The van der Waals surface area contributed by atoms with Gasteiger partial charge < -0.3 is 15.0 Å². The lowest BCUT2D eigenvalue weighted by Gasteiger charge is -2.30. The van der Waals surface area contributed by atoms with E-state index in [2.05, 4.69) is 10.2 Å². The van der Waals surface area contributed by atoms with Crippen LogP contribution in [0.2, 0.25) is 0 Å². The number of benzene rings is 1. The van der Waals surface area contributed by atoms with E-state index in [1.807, 2.05) is 6.07 Å². The number of nitrogens with zero attached hydrogens (tertiary/aromatic N) is 1. The van der Waals surface area contributed by atoms with Crippen molar-refractivity contribution in [2.24, 2.45) is 0 Å². The number of morpholine rings is 1. The Hall–Kier alpha value is -1.29. The van der Waals surface area contributed by atoms with Crippen molar-refractivity contribution < 1.29 is 9.13 Å². The first kappa shape index (κ1) is 10.2. The van der Waals surface area contributed by atoms with Crippen LogP contribution in [0.25, 0.3) is 0 Å². The molecular formula is C11H15FN2O. The smallest absolute Gasteiger partial charge is 0.125 e. The highest BCUT2D eigenvalue weighted by Gasteiger charge is 2.14. The molecule has 82 valence electrons. The van der Waals surface area contributed by atoms with Gasteiger partial charge in [-0.3, -0.25) is 0 Å². The summed E-state index contributed by atoms with van der Waals surface area (Å²) in [6.45, 7) is 3.20. The van der Waals surface area contributed by atoms with Gasteiger partial charge >= 0.3 is 0 Å². The lowest BCUT2D eigenvalue weighted by atomic mass is 10.2. The Labute approximate surface area is 88.8 Å². The van der Waals surface area contributed by atoms with E-state index < -0.39 is 0 Å². The Morgan fingerprint density at radius 2 is 2.07 bits per heavy atom. The fourth-order valence-corrected chi connectivity index (χ4v) is 1.79. The molecule has 2 rings (SSSR count). The van der Waals surface area contributed by atoms with Crippen LogP contribution in [0.3, 0.4) is 0 Å². The van der Waals surface area contributed by atoms with E-state index in [1.54, 1.807) is 7.05 Å². The van der Waals surface area contributed by atoms with Crippen molar-refractivity contribution in [3.8, 4) is 0 Å². The Morgan fingerprint density at radius 3 is 2.73 bits per heavy atom. The zero-order valence-corrected chi connectivity index (χ0v) is 8.79. The topological polar surface area (TPSA) is 24.5 Å². The van der Waals surface area contributed by atoms with Crippen LogP contribution in [0.5, 0.6) is 0 Å². The van der Waals surface area contributed by atoms with Gasteiger partial charge in [0.15, 0.2) is 0 Å². The molecule has 0 amide bonds. The number of nitrogens with one attached hydrogen (secondary N) is 1. The van der Waals surface area contributed by atoms with Crippen molar-refractivity contribution in [1.29, 1.82) is 0 Å². The van der Waals surface area contributed by atoms with Gasteiger partial charge in [-0.25, -0.2) is 4.39 Å². The Morgan fingerprint density at radius 1 is 1.33 bits per heavy atom. The number of hydrogen-bond acceptors (Lipinski definition) is 3. The summed E-state index contributed by atoms with van der Waals surface area (Å²) in [6.07, 6.45) is 0. The molecule has 0 atom stereocenters. The normalized spacial score (nSPS) is 16.5. The quantitative estimate of drug-likeness (QED) is 0.804. The summed E-state index contributed by atoms with van der Waals surface area (Å²) in [6, 6.07) is 4.82. The molecule has 3 nitrogen and oxygen atoms in total. The lowest BCUT2D eigenvalue weighted by Crippen LogP contribution is -2.36. The molecule has 0 saturated carbocycles. The van der Waals surface area contributed by atoms with Crippen molar-refractivity contribution in [2.75, 3.05) is 43.6 Å². The molecule has 0 unspecified atom stereocenters. The Balaban J connectivity index is 2.25. The number of halogens is 1. The average Bonchev–Trinajstić information content (AvgIpc) is 2.30. The van der Waals surface area contributed by atoms with E-state index in [0.29, 0.717) is 0 Å². The van der Waals surface area contributed by atoms with Crippen LogP contribution in [0, 0.1) is 5.82 Å². The molecule has 1 N–H and O–H groups in total. The van der Waals surface area contributed by atoms with Gasteiger partial charge in [-0.1, -0.05) is 0 Å². The van der Waals surface area contributed by atoms with E-state index in [-0.39, 0.29) is 5.82 Å². The molecule has 1 aromatic carbocycles. The van der Waals surface area contributed by atoms with Gasteiger partial charge in [-0.15, -0.1) is 0 Å². The maximum Gasteiger partial charge on any atom is 0.125 e. The molecule has 1 saturated heterocycles. The standard InChI is InChI=1S/C11H15FN2O/c1-13-10-8-9(12)2-3-11(10)14-4-6-15-7-5-14/h2-3,8,13H,4-7H2,1H3. The highest BCUT2D eigenvalue weighted by atomic mass is 19.1. The molecule has 4 heteroatoms. The second-order valence-electron chi connectivity index (χ2n) is 3.51. The van der Waals surface area contributed by atoms with Crippen LogP contribution in [-0.2, 0) is 4.74 Å². The SMILES string of the molecule is CNc1cc(F)ccc1N1CCOCC1. The molecule has 1 aromatic rings. The summed E-state index contributed by atoms with van der Waals surface area (Å²) in [5.41, 5.74) is 1.87. The van der Waals surface area contributed by atoms with Crippen molar-refractivity contribution in [3.05, 3.63) is 24.0 Å². The zero-order chi connectivity index (χ0) is 10.7. The minimum Gasteiger partial charge on any atom is -0.386 e. The lowest BCUT2D eigenvalue weighted by molar-refractivity contribution is 0.123. The second-order valence-corrected chi connectivity index (χ2v) is 3.51. The summed E-state index contributed by atoms with van der Waals surface area (Å²) >= 11 is 0. The summed E-state index contributed by atoms with van der Waals surface area (Å²) in [5.74, 6) is -0.212. The van der Waals surface area contributed by atoms with Gasteiger partial charge in [0.05, 0.1) is 24.6 Å². The van der Waals surface area contributed by atoms with Gasteiger partial charge in [0, 0.05) is 20.1 Å². The van der Waals surface area contributed by atoms with E-state index >= 15 is 0 Å². The minimum atomic E-state index is -0.212. The van der Waals surface area contributed by atoms with Crippen LogP contribution >= 0.6 is 0 Å². The van der Waals surface area contributed by atoms with E-state index in [1.165, 1.54) is 12.1 Å². The molecule has 1 heterocycles. The number of ether oxygens (including phenoxy) is 1. The first-order valence-corrected chi connectivity index (χ1v) is 5.11. The molecule has 1 aliphatic heterocycles. The molecule has 0 aromatic heterocycles. The summed E-state index contributed by atoms with van der Waals surface area (Å²) < 4.78 is 18.3. The van der Waals surface area contributed by atoms with Crippen molar-refractivity contribution in [3.63, 3.8) is 0 Å². The summed E-state index contributed by atoms with van der Waals surface area (Å²) in [4.78, 5) is 2.20. The monoisotopic (exact) mass is 210 g/mol. The van der Waals surface area contributed by atoms with Crippen LogP contribution < -0.4 is 10.2 Å². The van der Waals surface area contributed by atoms with Crippen LogP contribution in [0.15, 0.2) is 18.2 Å². The largest absolute Gasteiger partial charge is 0.386 e. The van der Waals surface area contributed by atoms with Crippen LogP contribution in [0.1, 0.15) is 0 Å². The number of anilines is 2. The van der Waals surface area contributed by atoms with E-state index in [9.17, 15) is 4.39 Å². The van der Waals surface area contributed by atoms with Gasteiger partial charge in [-0.2, -0.15) is 0 Å². The molecular weight excluding hydrogens is 195 g/mol. The van der Waals surface area contributed by atoms with Gasteiger partial charge in [0.1, 0.15) is 5.82 Å². The molecule has 1 aliphatic rings. The maximum atomic E-state index is 13.0. The summed E-state index contributed by atoms with van der Waals surface area (Å²) in [7, 11) is 1.80. The first-order valence-electron chi connectivity index (χ1n) is 5.11. The van der Waals surface area contributed by atoms with E-state index in [4.69, 9.17) is 4.74 Å². The molecule has 1 fully saturated rings. The van der Waals surface area contributed by atoms with Crippen LogP contribution in [-0.4, -0.2) is 33.4 Å². The predicted octanol–water partition coefficient (Wildman–Crippen LogP) is 1.70. The van der Waals surface area contributed by atoms with Gasteiger partial charge in [0.2, 0.25) is 0 Å². The van der Waals surface area contributed by atoms with E-state index in [0.717, 1.165) is 37.7 Å². The highest BCUT2D eigenvalue weighted by molar-refractivity contribution is 5.70. The summed E-state index contributed by atoms with van der Waals surface area (Å²) in [5, 5.41) is 3.01. The molecule has 0 radical (unpaired) electrons. The minimum absolute atomic E-state index is 0.212. The maximum absolute atomic E-state index is 13.0. The van der Waals surface area contributed by atoms with Crippen molar-refractivity contribution in [2.45, 2.75) is 0 Å². The Kier molecular flexibility index (Phi) is 3.06. The zero-order valence-electron chi connectivity index (χ0n) is 8.79. The number of rotatable bonds is 2. The fraction of sp³-hybridized carbons (Fsp3) is 0.455. The third-order valence-electron chi connectivity index (χ3n) is 2.58.